The molecule has 4 rings (SSSR count). The minimum absolute atomic E-state index is 0.0413. The maximum Gasteiger partial charge on any atom is 0.229 e. The summed E-state index contributed by atoms with van der Waals surface area (Å²) in [5, 5.41) is 51.7. The van der Waals surface area contributed by atoms with Gasteiger partial charge in [0, 0.05) is 11.6 Å². The smallest absolute Gasteiger partial charge is 0.229 e. The average molecular weight is 462 g/mol. The Labute approximate surface area is 188 Å². The maximum absolute atomic E-state index is 12.6. The van der Waals surface area contributed by atoms with Gasteiger partial charge >= 0.3 is 0 Å². The molecule has 10 heteroatoms. The highest BCUT2D eigenvalue weighted by molar-refractivity contribution is 6.07. The van der Waals surface area contributed by atoms with Crippen molar-refractivity contribution in [2.45, 2.75) is 51.5 Å². The molecule has 0 amide bonds. The fraction of sp³-hybridized carbons (Fsp3) is 0.435. The van der Waals surface area contributed by atoms with E-state index in [2.05, 4.69) is 0 Å². The van der Waals surface area contributed by atoms with Crippen LogP contribution in [0.1, 0.15) is 18.2 Å². The van der Waals surface area contributed by atoms with Crippen LogP contribution in [-0.4, -0.2) is 69.5 Å². The number of benzene rings is 2. The normalized spacial score (nSPS) is 25.5. The Bertz CT molecular complexity index is 1250. The van der Waals surface area contributed by atoms with Crippen LogP contribution in [0.4, 0.5) is 0 Å². The zero-order chi connectivity index (χ0) is 24.0. The summed E-state index contributed by atoms with van der Waals surface area (Å²) in [6, 6.07) is 4.49. The number of aliphatic hydroxyl groups excluding tert-OH is 4. The van der Waals surface area contributed by atoms with Crippen molar-refractivity contribution in [1.82, 2.24) is 0 Å². The van der Waals surface area contributed by atoms with Gasteiger partial charge in [-0.1, -0.05) is 0 Å². The van der Waals surface area contributed by atoms with Crippen LogP contribution in [0.15, 0.2) is 27.4 Å². The molecule has 1 aliphatic rings. The molecule has 0 spiro atoms. The van der Waals surface area contributed by atoms with Crippen LogP contribution in [-0.2, 0) is 4.74 Å². The Morgan fingerprint density at radius 1 is 1.03 bits per heavy atom. The lowest BCUT2D eigenvalue weighted by molar-refractivity contribution is -0.277. The maximum atomic E-state index is 12.6. The Hall–Kier alpha value is -2.89. The third-order valence-corrected chi connectivity index (χ3v) is 5.75. The molecule has 1 fully saturated rings. The third kappa shape index (κ3) is 3.90. The lowest BCUT2D eigenvalue weighted by Gasteiger charge is -2.39. The molecule has 0 saturated carbocycles. The van der Waals surface area contributed by atoms with Gasteiger partial charge in [-0.25, -0.2) is 0 Å². The Balaban J connectivity index is 1.95. The number of phenolic OH excluding ortho intramolecular Hbond substituents is 1. The predicted octanol–water partition coefficient (Wildman–Crippen LogP) is 0.846. The summed E-state index contributed by atoms with van der Waals surface area (Å²) in [6.45, 7) is 4.78. The second-order valence-electron chi connectivity index (χ2n) is 7.99. The van der Waals surface area contributed by atoms with Crippen LogP contribution in [0.5, 0.6) is 17.2 Å². The zero-order valence-corrected chi connectivity index (χ0v) is 18.3. The highest BCUT2D eigenvalue weighted by atomic mass is 16.7. The molecule has 178 valence electrons. The quantitative estimate of drug-likeness (QED) is 0.344. The van der Waals surface area contributed by atoms with E-state index in [9.17, 15) is 30.3 Å². The van der Waals surface area contributed by atoms with Gasteiger partial charge in [0.1, 0.15) is 58.4 Å². The van der Waals surface area contributed by atoms with Crippen LogP contribution in [0.3, 0.4) is 0 Å². The largest absolute Gasteiger partial charge is 0.506 e. The van der Waals surface area contributed by atoms with Crippen LogP contribution in [0, 0.1) is 13.8 Å². The Morgan fingerprint density at radius 3 is 2.42 bits per heavy atom. The number of phenols is 1. The van der Waals surface area contributed by atoms with Crippen molar-refractivity contribution < 1.29 is 44.2 Å². The monoisotopic (exact) mass is 462 g/mol. The van der Waals surface area contributed by atoms with Gasteiger partial charge in [-0.3, -0.25) is 4.79 Å². The lowest BCUT2D eigenvalue weighted by Crippen LogP contribution is -2.60. The molecule has 2 heterocycles. The Morgan fingerprint density at radius 2 is 1.76 bits per heavy atom. The first-order chi connectivity index (χ1) is 15.7. The molecule has 1 aromatic heterocycles. The molecule has 0 radical (unpaired) electrons. The van der Waals surface area contributed by atoms with Gasteiger partial charge in [-0.05, 0) is 38.3 Å². The number of aromatic hydroxyl groups is 1. The summed E-state index contributed by atoms with van der Waals surface area (Å²) in [5.74, 6) is 0.446. The van der Waals surface area contributed by atoms with E-state index in [1.165, 1.54) is 6.07 Å². The van der Waals surface area contributed by atoms with Gasteiger partial charge in [0.2, 0.25) is 6.29 Å². The van der Waals surface area contributed by atoms with Crippen LogP contribution >= 0.6 is 0 Å². The molecule has 0 unspecified atom stereocenters. The van der Waals surface area contributed by atoms with Gasteiger partial charge in [0.15, 0.2) is 5.43 Å². The first-order valence-electron chi connectivity index (χ1n) is 10.5. The van der Waals surface area contributed by atoms with Crippen molar-refractivity contribution in [3.05, 3.63) is 39.7 Å². The Kier molecular flexibility index (Phi) is 6.21. The van der Waals surface area contributed by atoms with Gasteiger partial charge in [-0.15, -0.1) is 0 Å². The minimum Gasteiger partial charge on any atom is -0.506 e. The van der Waals surface area contributed by atoms with Gasteiger partial charge in [0.25, 0.3) is 0 Å². The first kappa shape index (κ1) is 23.3. The molecule has 0 bridgehead atoms. The van der Waals surface area contributed by atoms with E-state index in [1.54, 1.807) is 32.9 Å². The summed E-state index contributed by atoms with van der Waals surface area (Å²) in [5.41, 5.74) is 0.168. The van der Waals surface area contributed by atoms with Gasteiger partial charge < -0.3 is 44.2 Å². The van der Waals surface area contributed by atoms with E-state index in [-0.39, 0.29) is 27.9 Å². The summed E-state index contributed by atoms with van der Waals surface area (Å²) < 4.78 is 22.7. The van der Waals surface area contributed by atoms with Crippen molar-refractivity contribution in [3.63, 3.8) is 0 Å². The molecule has 10 nitrogen and oxygen atoms in total. The second kappa shape index (κ2) is 8.81. The summed E-state index contributed by atoms with van der Waals surface area (Å²) in [4.78, 5) is 12.6. The molecule has 5 N–H and O–H groups in total. The van der Waals surface area contributed by atoms with Crippen LogP contribution < -0.4 is 14.9 Å². The number of fused-ring (bicyclic) bond motifs is 2. The SMILES string of the molecule is CCOc1cc2cc3oc(C)cc(=O)c3c(O)c2c(O[C@@H]2O[C@H](CO)[C@@H](O)[C@H](O)[C@H]2O)c1C. The predicted molar refractivity (Wildman–Crippen MR) is 117 cm³/mol. The number of hydrogen-bond donors (Lipinski definition) is 5. The fourth-order valence-electron chi connectivity index (χ4n) is 4.08. The van der Waals surface area contributed by atoms with Crippen molar-refractivity contribution in [2.75, 3.05) is 13.2 Å². The van der Waals surface area contributed by atoms with Crippen molar-refractivity contribution >= 4 is 21.7 Å². The molecule has 1 aliphatic heterocycles. The third-order valence-electron chi connectivity index (χ3n) is 5.75. The van der Waals surface area contributed by atoms with Crippen LogP contribution in [0.2, 0.25) is 0 Å². The van der Waals surface area contributed by atoms with Crippen molar-refractivity contribution in [3.8, 4) is 17.2 Å². The molecular weight excluding hydrogens is 436 g/mol. The standard InChI is InChI=1S/C23H26O10/c1-4-30-13-6-11-7-14-17(12(25)5-9(2)31-14)19(27)16(11)22(10(13)3)33-23-21(29)20(28)18(26)15(8-24)32-23/h5-7,15,18,20-21,23-24,26-29H,4,8H2,1-3H3/t15-,18-,20+,21-,23+/m1/s1. The number of aryl methyl sites for hydroxylation is 1. The molecule has 5 atom stereocenters. The zero-order valence-electron chi connectivity index (χ0n) is 18.3. The molecule has 33 heavy (non-hydrogen) atoms. The number of hydrogen-bond acceptors (Lipinski definition) is 10. The van der Waals surface area contributed by atoms with E-state index < -0.39 is 42.7 Å². The van der Waals surface area contributed by atoms with E-state index in [0.29, 0.717) is 29.1 Å². The van der Waals surface area contributed by atoms with E-state index in [0.717, 1.165) is 0 Å². The van der Waals surface area contributed by atoms with Crippen molar-refractivity contribution in [2.24, 2.45) is 0 Å². The highest BCUT2D eigenvalue weighted by Crippen LogP contribution is 2.45. The highest BCUT2D eigenvalue weighted by Gasteiger charge is 2.45. The molecule has 2 aromatic carbocycles. The second-order valence-corrected chi connectivity index (χ2v) is 7.99. The minimum atomic E-state index is -1.66. The van der Waals surface area contributed by atoms with Gasteiger partial charge in [-0.2, -0.15) is 0 Å². The topological polar surface area (TPSA) is 159 Å². The molecule has 3 aromatic rings. The molecule has 1 saturated heterocycles. The number of ether oxygens (including phenoxy) is 3. The average Bonchev–Trinajstić information content (AvgIpc) is 2.76. The van der Waals surface area contributed by atoms with E-state index in [4.69, 9.17) is 18.6 Å². The lowest BCUT2D eigenvalue weighted by atomic mass is 9.98. The molecular formula is C23H26O10. The van der Waals surface area contributed by atoms with Gasteiger partial charge in [0.05, 0.1) is 18.6 Å². The molecule has 0 aliphatic carbocycles. The first-order valence-corrected chi connectivity index (χ1v) is 10.5. The summed E-state index contributed by atoms with van der Waals surface area (Å²) >= 11 is 0. The number of rotatable bonds is 5. The number of aliphatic hydroxyl groups is 4. The van der Waals surface area contributed by atoms with E-state index >= 15 is 0 Å². The summed E-state index contributed by atoms with van der Waals surface area (Å²) in [7, 11) is 0. The van der Waals surface area contributed by atoms with E-state index in [1.807, 2.05) is 0 Å². The van der Waals surface area contributed by atoms with Crippen LogP contribution in [0.25, 0.3) is 21.7 Å². The summed E-state index contributed by atoms with van der Waals surface area (Å²) in [6.07, 6.45) is -7.54. The fourth-order valence-corrected chi connectivity index (χ4v) is 4.08. The van der Waals surface area contributed by atoms with Crippen molar-refractivity contribution in [1.29, 1.82) is 0 Å².